The lowest BCUT2D eigenvalue weighted by Gasteiger charge is -2.42. The standard InChI is InChI=1S/C25H32O6/c1-22(2,3)31-21(27)25-18(17-14-28-23(4,5)30-17)16-11-12-24(25,20(25)19(16)26)29-13-15-9-7-6-8-10-15/h6-10,16-18,20H,11-14H2,1-5H3/t16-,17+,18+,20+,24-,25-/m0/s1. The van der Waals surface area contributed by atoms with Gasteiger partial charge in [-0.1, -0.05) is 30.3 Å². The van der Waals surface area contributed by atoms with Gasteiger partial charge in [-0.25, -0.2) is 0 Å². The summed E-state index contributed by atoms with van der Waals surface area (Å²) in [6.07, 6.45) is 1.07. The Morgan fingerprint density at radius 1 is 1.19 bits per heavy atom. The van der Waals surface area contributed by atoms with Gasteiger partial charge >= 0.3 is 5.97 Å². The van der Waals surface area contributed by atoms with E-state index < -0.39 is 28.3 Å². The van der Waals surface area contributed by atoms with Gasteiger partial charge in [0, 0.05) is 11.8 Å². The van der Waals surface area contributed by atoms with E-state index in [4.69, 9.17) is 18.9 Å². The van der Waals surface area contributed by atoms with Gasteiger partial charge in [-0.15, -0.1) is 0 Å². The van der Waals surface area contributed by atoms with Crippen molar-refractivity contribution in [3.05, 3.63) is 35.9 Å². The van der Waals surface area contributed by atoms with Crippen LogP contribution in [-0.2, 0) is 35.1 Å². The summed E-state index contributed by atoms with van der Waals surface area (Å²) >= 11 is 0. The van der Waals surface area contributed by atoms with E-state index in [1.807, 2.05) is 65.0 Å². The molecule has 0 radical (unpaired) electrons. The van der Waals surface area contributed by atoms with Crippen molar-refractivity contribution in [3.63, 3.8) is 0 Å². The van der Waals surface area contributed by atoms with E-state index in [-0.39, 0.29) is 29.7 Å². The number of benzene rings is 1. The van der Waals surface area contributed by atoms with E-state index in [1.54, 1.807) is 0 Å². The zero-order valence-corrected chi connectivity index (χ0v) is 19.0. The van der Waals surface area contributed by atoms with E-state index in [0.717, 1.165) is 5.56 Å². The molecule has 4 saturated carbocycles. The molecular formula is C25H32O6. The molecule has 168 valence electrons. The topological polar surface area (TPSA) is 71.1 Å². The molecule has 6 rings (SSSR count). The molecule has 5 fully saturated rings. The Labute approximate surface area is 183 Å². The molecule has 5 aliphatic rings. The molecule has 4 bridgehead atoms. The van der Waals surface area contributed by atoms with Gasteiger partial charge < -0.3 is 18.9 Å². The molecule has 6 atom stereocenters. The number of carbonyl (C=O) groups is 2. The third-order valence-electron chi connectivity index (χ3n) is 7.48. The second-order valence-corrected chi connectivity index (χ2v) is 10.9. The largest absolute Gasteiger partial charge is 0.459 e. The third kappa shape index (κ3) is 2.95. The van der Waals surface area contributed by atoms with E-state index in [9.17, 15) is 9.59 Å². The number of hydrogen-bond acceptors (Lipinski definition) is 6. The fourth-order valence-corrected chi connectivity index (χ4v) is 6.51. The van der Waals surface area contributed by atoms with Gasteiger partial charge in [0.25, 0.3) is 0 Å². The molecule has 0 N–H and O–H groups in total. The highest BCUT2D eigenvalue weighted by Crippen LogP contribution is 2.81. The molecule has 1 aromatic rings. The molecule has 4 aliphatic carbocycles. The molecule has 6 heteroatoms. The summed E-state index contributed by atoms with van der Waals surface area (Å²) in [6, 6.07) is 9.88. The number of fused-ring (bicyclic) bond motifs is 1. The van der Waals surface area contributed by atoms with Gasteiger partial charge in [0.2, 0.25) is 0 Å². The van der Waals surface area contributed by atoms with Crippen molar-refractivity contribution in [2.45, 2.75) is 77.2 Å². The first-order valence-electron chi connectivity index (χ1n) is 11.3. The van der Waals surface area contributed by atoms with Crippen LogP contribution in [0.2, 0.25) is 0 Å². The van der Waals surface area contributed by atoms with Gasteiger partial charge in [-0.2, -0.15) is 0 Å². The highest BCUT2D eigenvalue weighted by Gasteiger charge is 2.95. The lowest BCUT2D eigenvalue weighted by atomic mass is 9.68. The van der Waals surface area contributed by atoms with Gasteiger partial charge in [-0.05, 0) is 53.0 Å². The van der Waals surface area contributed by atoms with Crippen LogP contribution in [0.3, 0.4) is 0 Å². The third-order valence-corrected chi connectivity index (χ3v) is 7.48. The normalized spacial score (nSPS) is 40.1. The fraction of sp³-hybridized carbons (Fsp3) is 0.680. The molecule has 0 amide bonds. The van der Waals surface area contributed by atoms with Crippen molar-refractivity contribution in [1.29, 1.82) is 0 Å². The average molecular weight is 429 g/mol. The zero-order chi connectivity index (χ0) is 22.2. The van der Waals surface area contributed by atoms with E-state index >= 15 is 0 Å². The van der Waals surface area contributed by atoms with Crippen LogP contribution in [0, 0.1) is 23.2 Å². The molecule has 1 saturated heterocycles. The van der Waals surface area contributed by atoms with Crippen molar-refractivity contribution in [2.24, 2.45) is 23.2 Å². The van der Waals surface area contributed by atoms with Crippen molar-refractivity contribution in [2.75, 3.05) is 6.61 Å². The van der Waals surface area contributed by atoms with Gasteiger partial charge in [0.1, 0.15) is 16.8 Å². The van der Waals surface area contributed by atoms with Crippen LogP contribution in [0.25, 0.3) is 0 Å². The lowest BCUT2D eigenvalue weighted by Crippen LogP contribution is -2.52. The average Bonchev–Trinajstić information content (AvgIpc) is 3.05. The maximum absolute atomic E-state index is 13.8. The Balaban J connectivity index is 1.52. The SMILES string of the molecule is CC(C)(C)OC(=O)[C@@]12[C@@H]([C@H]3COC(C)(C)O3)[C@@H]3CC[C@]1(OCc1ccccc1)[C@H]2C3=O. The second kappa shape index (κ2) is 6.63. The van der Waals surface area contributed by atoms with Crippen LogP contribution in [0.15, 0.2) is 30.3 Å². The first-order chi connectivity index (χ1) is 14.5. The molecule has 1 aromatic carbocycles. The molecule has 0 unspecified atom stereocenters. The summed E-state index contributed by atoms with van der Waals surface area (Å²) in [6.45, 7) is 10.0. The van der Waals surface area contributed by atoms with Crippen LogP contribution < -0.4 is 0 Å². The van der Waals surface area contributed by atoms with Crippen molar-refractivity contribution in [3.8, 4) is 0 Å². The van der Waals surface area contributed by atoms with Crippen molar-refractivity contribution >= 4 is 11.8 Å². The number of ketones is 1. The summed E-state index contributed by atoms with van der Waals surface area (Å²) in [5, 5.41) is 0. The van der Waals surface area contributed by atoms with E-state index in [0.29, 0.717) is 26.1 Å². The molecule has 1 heterocycles. The number of Topliss-reactive ketones (excluding diaryl/α,β-unsaturated/α-hetero) is 1. The fourth-order valence-electron chi connectivity index (χ4n) is 6.51. The van der Waals surface area contributed by atoms with Gasteiger partial charge in [0.15, 0.2) is 5.79 Å². The Hall–Kier alpha value is -1.76. The summed E-state index contributed by atoms with van der Waals surface area (Å²) in [4.78, 5) is 27.2. The predicted octanol–water partition coefficient (Wildman–Crippen LogP) is 3.66. The van der Waals surface area contributed by atoms with Crippen LogP contribution in [0.5, 0.6) is 0 Å². The minimum atomic E-state index is -0.997. The predicted molar refractivity (Wildman–Crippen MR) is 112 cm³/mol. The van der Waals surface area contributed by atoms with E-state index in [1.165, 1.54) is 0 Å². The number of rotatable bonds is 5. The molecule has 0 spiro atoms. The highest BCUT2D eigenvalue weighted by molar-refractivity contribution is 6.05. The molecule has 1 aliphatic heterocycles. The van der Waals surface area contributed by atoms with Crippen LogP contribution in [0.4, 0.5) is 0 Å². The molecular weight excluding hydrogens is 396 g/mol. The Kier molecular flexibility index (Phi) is 4.51. The maximum atomic E-state index is 13.8. The van der Waals surface area contributed by atoms with E-state index in [2.05, 4.69) is 0 Å². The quantitative estimate of drug-likeness (QED) is 0.667. The second-order valence-electron chi connectivity index (χ2n) is 10.9. The first kappa shape index (κ1) is 21.1. The summed E-state index contributed by atoms with van der Waals surface area (Å²) < 4.78 is 24.5. The zero-order valence-electron chi connectivity index (χ0n) is 19.0. The van der Waals surface area contributed by atoms with Crippen LogP contribution in [0.1, 0.15) is 53.0 Å². The van der Waals surface area contributed by atoms with Crippen LogP contribution in [-0.4, -0.2) is 41.5 Å². The summed E-state index contributed by atoms with van der Waals surface area (Å²) in [5.41, 5.74) is -1.45. The number of esters is 1. The highest BCUT2D eigenvalue weighted by atomic mass is 16.7. The van der Waals surface area contributed by atoms with Gasteiger partial charge in [0.05, 0.1) is 30.8 Å². The van der Waals surface area contributed by atoms with Crippen molar-refractivity contribution < 1.29 is 28.5 Å². The van der Waals surface area contributed by atoms with Gasteiger partial charge in [-0.3, -0.25) is 9.59 Å². The Bertz CT molecular complexity index is 902. The Morgan fingerprint density at radius 3 is 2.52 bits per heavy atom. The molecule has 6 nitrogen and oxygen atoms in total. The summed E-state index contributed by atoms with van der Waals surface area (Å²) in [7, 11) is 0. The number of ether oxygens (including phenoxy) is 4. The first-order valence-corrected chi connectivity index (χ1v) is 11.3. The maximum Gasteiger partial charge on any atom is 0.316 e. The number of hydrogen-bond donors (Lipinski definition) is 0. The lowest BCUT2D eigenvalue weighted by molar-refractivity contribution is -0.188. The smallest absolute Gasteiger partial charge is 0.316 e. The minimum Gasteiger partial charge on any atom is -0.459 e. The number of carbonyl (C=O) groups excluding carboxylic acids is 2. The molecule has 31 heavy (non-hydrogen) atoms. The van der Waals surface area contributed by atoms with Crippen LogP contribution >= 0.6 is 0 Å². The minimum absolute atomic E-state index is 0.128. The summed E-state index contributed by atoms with van der Waals surface area (Å²) in [5.74, 6) is -1.88. The molecule has 0 aromatic heterocycles. The Morgan fingerprint density at radius 2 is 1.90 bits per heavy atom. The van der Waals surface area contributed by atoms with Crippen molar-refractivity contribution in [1.82, 2.24) is 0 Å². The monoisotopic (exact) mass is 428 g/mol.